The molecular weight excluding hydrogens is 464 g/mol. The molecule has 11 heteroatoms. The predicted molar refractivity (Wildman–Crippen MR) is 123 cm³/mol. The topological polar surface area (TPSA) is 106 Å². The molecule has 188 valence electrons. The molecule has 1 fully saturated rings. The van der Waals surface area contributed by atoms with Gasteiger partial charge in [-0.15, -0.1) is 0 Å². The Morgan fingerprint density at radius 3 is 2.37 bits per heavy atom. The lowest BCUT2D eigenvalue weighted by Gasteiger charge is -2.31. The Bertz CT molecular complexity index is 1010. The molecule has 0 aromatic heterocycles. The number of nitrogens with zero attached hydrogens (tertiary/aromatic N) is 1. The molecular formula is C24H27F2N3O6. The summed E-state index contributed by atoms with van der Waals surface area (Å²) in [5.74, 6) is -1.12. The Hall–Kier alpha value is -3.89. The largest absolute Gasteiger partial charge is 0.452 e. The number of halogens is 2. The fraction of sp³-hybridized carbons (Fsp3) is 0.375. The van der Waals surface area contributed by atoms with Crippen LogP contribution < -0.4 is 15.4 Å². The molecule has 0 aliphatic carbocycles. The van der Waals surface area contributed by atoms with Crippen LogP contribution in [-0.2, 0) is 14.3 Å². The minimum atomic E-state index is -2.92. The molecule has 9 nitrogen and oxygen atoms in total. The second-order valence-corrected chi connectivity index (χ2v) is 7.68. The van der Waals surface area contributed by atoms with Gasteiger partial charge < -0.3 is 29.7 Å². The fourth-order valence-electron chi connectivity index (χ4n) is 3.54. The van der Waals surface area contributed by atoms with Gasteiger partial charge in [-0.05, 0) is 56.2 Å². The van der Waals surface area contributed by atoms with E-state index in [2.05, 4.69) is 15.4 Å². The van der Waals surface area contributed by atoms with Crippen molar-refractivity contribution in [2.24, 2.45) is 0 Å². The second kappa shape index (κ2) is 12.5. The van der Waals surface area contributed by atoms with E-state index >= 15 is 0 Å². The number of rotatable bonds is 9. The number of nitrogens with one attached hydrogen (secondary N) is 2. The van der Waals surface area contributed by atoms with Crippen molar-refractivity contribution >= 4 is 29.3 Å². The molecule has 0 atom stereocenters. The van der Waals surface area contributed by atoms with Gasteiger partial charge in [0, 0.05) is 24.8 Å². The number of para-hydroxylation sites is 1. The standard InChI is InChI=1S/C24H27F2N3O6/c1-2-33-24(32)29-13-11-17(12-14-29)28-21(30)15-34-22(31)19-5-3-4-6-20(19)27-16-7-9-18(10-8-16)35-23(25)26/h3-10,17,23,27H,2,11-15H2,1H3,(H,28,30). The number of alkyl halides is 2. The average molecular weight is 491 g/mol. The number of carbonyl (C=O) groups is 3. The van der Waals surface area contributed by atoms with Crippen LogP contribution in [-0.4, -0.2) is 61.8 Å². The third kappa shape index (κ3) is 7.83. The van der Waals surface area contributed by atoms with E-state index < -0.39 is 25.1 Å². The van der Waals surface area contributed by atoms with Gasteiger partial charge in [-0.3, -0.25) is 4.79 Å². The molecule has 1 saturated heterocycles. The lowest BCUT2D eigenvalue weighted by atomic mass is 10.1. The minimum Gasteiger partial charge on any atom is -0.452 e. The lowest BCUT2D eigenvalue weighted by molar-refractivity contribution is -0.125. The highest BCUT2D eigenvalue weighted by atomic mass is 19.3. The Morgan fingerprint density at radius 1 is 1.03 bits per heavy atom. The molecule has 2 amide bonds. The first kappa shape index (κ1) is 25.7. The highest BCUT2D eigenvalue weighted by molar-refractivity contribution is 5.97. The Labute approximate surface area is 201 Å². The van der Waals surface area contributed by atoms with Crippen LogP contribution in [0.1, 0.15) is 30.1 Å². The van der Waals surface area contributed by atoms with Crippen LogP contribution in [0, 0.1) is 0 Å². The first-order valence-corrected chi connectivity index (χ1v) is 11.1. The molecule has 0 unspecified atom stereocenters. The van der Waals surface area contributed by atoms with Crippen LogP contribution >= 0.6 is 0 Å². The first-order chi connectivity index (χ1) is 16.9. The highest BCUT2D eigenvalue weighted by Crippen LogP contribution is 2.24. The number of carbonyl (C=O) groups excluding carboxylic acids is 3. The smallest absolute Gasteiger partial charge is 0.409 e. The molecule has 2 aromatic rings. The summed E-state index contributed by atoms with van der Waals surface area (Å²) >= 11 is 0. The van der Waals surface area contributed by atoms with E-state index in [1.165, 1.54) is 24.3 Å². The zero-order chi connectivity index (χ0) is 25.2. The normalized spacial score (nSPS) is 13.8. The third-order valence-electron chi connectivity index (χ3n) is 5.23. The van der Waals surface area contributed by atoms with Gasteiger partial charge in [-0.1, -0.05) is 12.1 Å². The molecule has 0 bridgehead atoms. The lowest BCUT2D eigenvalue weighted by Crippen LogP contribution is -2.47. The summed E-state index contributed by atoms with van der Waals surface area (Å²) in [6.07, 6.45) is 0.787. The molecule has 3 rings (SSSR count). The van der Waals surface area contributed by atoms with Crippen LogP contribution in [0.5, 0.6) is 5.75 Å². The minimum absolute atomic E-state index is 0.0100. The number of hydrogen-bond donors (Lipinski definition) is 2. The van der Waals surface area contributed by atoms with Crippen LogP contribution in [0.3, 0.4) is 0 Å². The van der Waals surface area contributed by atoms with E-state index in [0.29, 0.717) is 43.9 Å². The van der Waals surface area contributed by atoms with Gasteiger partial charge in [0.05, 0.1) is 17.9 Å². The number of piperidine rings is 1. The van der Waals surface area contributed by atoms with E-state index in [4.69, 9.17) is 9.47 Å². The van der Waals surface area contributed by atoms with Gasteiger partial charge in [0.25, 0.3) is 5.91 Å². The van der Waals surface area contributed by atoms with Crippen molar-refractivity contribution < 1.29 is 37.4 Å². The molecule has 1 aliphatic heterocycles. The van der Waals surface area contributed by atoms with Crippen LogP contribution in [0.15, 0.2) is 48.5 Å². The number of anilines is 2. The number of esters is 1. The summed E-state index contributed by atoms with van der Waals surface area (Å²) in [5, 5.41) is 5.84. The highest BCUT2D eigenvalue weighted by Gasteiger charge is 2.25. The van der Waals surface area contributed by atoms with Gasteiger partial charge in [-0.2, -0.15) is 8.78 Å². The van der Waals surface area contributed by atoms with Crippen LogP contribution in [0.25, 0.3) is 0 Å². The van der Waals surface area contributed by atoms with E-state index in [1.54, 1.807) is 36.1 Å². The zero-order valence-corrected chi connectivity index (χ0v) is 19.2. The van der Waals surface area contributed by atoms with Crippen molar-refractivity contribution in [3.8, 4) is 5.75 Å². The summed E-state index contributed by atoms with van der Waals surface area (Å²) in [4.78, 5) is 38.2. The van der Waals surface area contributed by atoms with E-state index in [-0.39, 0.29) is 23.4 Å². The van der Waals surface area contributed by atoms with Crippen LogP contribution in [0.4, 0.5) is 25.0 Å². The Kier molecular flexibility index (Phi) is 9.22. The van der Waals surface area contributed by atoms with Crippen molar-refractivity contribution in [3.63, 3.8) is 0 Å². The fourth-order valence-corrected chi connectivity index (χ4v) is 3.54. The molecule has 2 N–H and O–H groups in total. The van der Waals surface area contributed by atoms with Gasteiger partial charge in [0.2, 0.25) is 0 Å². The van der Waals surface area contributed by atoms with E-state index in [9.17, 15) is 23.2 Å². The Balaban J connectivity index is 1.49. The average Bonchev–Trinajstić information content (AvgIpc) is 2.84. The quantitative estimate of drug-likeness (QED) is 0.512. The molecule has 1 aliphatic rings. The molecule has 0 saturated carbocycles. The molecule has 0 spiro atoms. The monoisotopic (exact) mass is 491 g/mol. The predicted octanol–water partition coefficient (Wildman–Crippen LogP) is 3.93. The summed E-state index contributed by atoms with van der Waals surface area (Å²) in [6, 6.07) is 12.2. The van der Waals surface area contributed by atoms with Crippen LogP contribution in [0.2, 0.25) is 0 Å². The number of benzene rings is 2. The summed E-state index contributed by atoms with van der Waals surface area (Å²) in [5.41, 5.74) is 1.17. The zero-order valence-electron chi connectivity index (χ0n) is 19.2. The van der Waals surface area contributed by atoms with E-state index in [0.717, 1.165) is 0 Å². The van der Waals surface area contributed by atoms with Gasteiger partial charge in [0.15, 0.2) is 6.61 Å². The molecule has 1 heterocycles. The van der Waals surface area contributed by atoms with Gasteiger partial charge in [-0.25, -0.2) is 9.59 Å². The number of ether oxygens (including phenoxy) is 3. The van der Waals surface area contributed by atoms with Crippen molar-refractivity contribution in [2.45, 2.75) is 32.4 Å². The number of hydrogen-bond acceptors (Lipinski definition) is 7. The maximum absolute atomic E-state index is 12.6. The molecule has 0 radical (unpaired) electrons. The van der Waals surface area contributed by atoms with Crippen molar-refractivity contribution in [1.82, 2.24) is 10.2 Å². The van der Waals surface area contributed by atoms with E-state index in [1.807, 2.05) is 0 Å². The van der Waals surface area contributed by atoms with Crippen molar-refractivity contribution in [2.75, 3.05) is 31.6 Å². The number of likely N-dealkylation sites (tertiary alicyclic amines) is 1. The second-order valence-electron chi connectivity index (χ2n) is 7.68. The third-order valence-corrected chi connectivity index (χ3v) is 5.23. The molecule has 2 aromatic carbocycles. The molecule has 35 heavy (non-hydrogen) atoms. The summed E-state index contributed by atoms with van der Waals surface area (Å²) in [6.45, 7) is -0.381. The van der Waals surface area contributed by atoms with Gasteiger partial charge in [0.1, 0.15) is 5.75 Å². The summed E-state index contributed by atoms with van der Waals surface area (Å²) in [7, 11) is 0. The van der Waals surface area contributed by atoms with Gasteiger partial charge >= 0.3 is 18.7 Å². The summed E-state index contributed by atoms with van der Waals surface area (Å²) < 4.78 is 39.1. The Morgan fingerprint density at radius 2 is 1.71 bits per heavy atom. The van der Waals surface area contributed by atoms with Crippen molar-refractivity contribution in [1.29, 1.82) is 0 Å². The first-order valence-electron chi connectivity index (χ1n) is 11.1. The van der Waals surface area contributed by atoms with Crippen molar-refractivity contribution in [3.05, 3.63) is 54.1 Å². The maximum atomic E-state index is 12.6. The SMILES string of the molecule is CCOC(=O)N1CCC(NC(=O)COC(=O)c2ccccc2Nc2ccc(OC(F)F)cc2)CC1. The number of amides is 2. The maximum Gasteiger partial charge on any atom is 0.409 e.